The highest BCUT2D eigenvalue weighted by Crippen LogP contribution is 2.23. The van der Waals surface area contributed by atoms with Crippen LogP contribution in [0.5, 0.6) is 0 Å². The van der Waals surface area contributed by atoms with Crippen molar-refractivity contribution in [2.45, 2.75) is 0 Å². The minimum absolute atomic E-state index is 0.254. The van der Waals surface area contributed by atoms with Crippen LogP contribution in [0.2, 0.25) is 0 Å². The fourth-order valence-electron chi connectivity index (χ4n) is 1.98. The molecule has 3 amide bonds. The van der Waals surface area contributed by atoms with Crippen LogP contribution >= 0.6 is 0 Å². The number of aromatic nitrogens is 2. The number of nitrogens with zero attached hydrogens (tertiary/aromatic N) is 4. The van der Waals surface area contributed by atoms with Crippen molar-refractivity contribution in [3.8, 4) is 0 Å². The summed E-state index contributed by atoms with van der Waals surface area (Å²) in [5, 5.41) is 1.56. The van der Waals surface area contributed by atoms with E-state index in [2.05, 4.69) is 4.98 Å². The number of amides is 3. The Kier molecular flexibility index (Phi) is 2.90. The summed E-state index contributed by atoms with van der Waals surface area (Å²) in [5.41, 5.74) is 0.509. The van der Waals surface area contributed by atoms with Gasteiger partial charge in [0.1, 0.15) is 6.33 Å². The van der Waals surface area contributed by atoms with Crippen LogP contribution in [0.15, 0.2) is 43.0 Å². The van der Waals surface area contributed by atoms with Crippen LogP contribution < -0.4 is 4.84 Å². The van der Waals surface area contributed by atoms with Crippen molar-refractivity contribution in [2.24, 2.45) is 0 Å². The van der Waals surface area contributed by atoms with E-state index in [0.717, 1.165) is 14.7 Å². The lowest BCUT2D eigenvalue weighted by molar-refractivity contribution is 0.00604. The fourth-order valence-corrected chi connectivity index (χ4v) is 1.98. The van der Waals surface area contributed by atoms with Crippen molar-refractivity contribution in [3.63, 3.8) is 0 Å². The molecule has 0 saturated heterocycles. The number of rotatable bonds is 2. The molecule has 0 atom stereocenters. The van der Waals surface area contributed by atoms with Crippen LogP contribution in [-0.2, 0) is 0 Å². The molecule has 1 aliphatic heterocycles. The van der Waals surface area contributed by atoms with Gasteiger partial charge in [-0.2, -0.15) is 9.74 Å². The van der Waals surface area contributed by atoms with Crippen LogP contribution in [-0.4, -0.2) is 44.7 Å². The Labute approximate surface area is 119 Å². The third kappa shape index (κ3) is 2.02. The number of benzene rings is 1. The Balaban J connectivity index is 1.83. The molecule has 0 fully saturated rings. The average Bonchev–Trinajstić information content (AvgIpc) is 3.07. The third-order valence-corrected chi connectivity index (χ3v) is 3.00. The summed E-state index contributed by atoms with van der Waals surface area (Å²) >= 11 is 0. The summed E-state index contributed by atoms with van der Waals surface area (Å²) in [5.74, 6) is -1.14. The van der Waals surface area contributed by atoms with E-state index in [1.165, 1.54) is 37.9 Å². The Hall–Kier alpha value is -3.16. The van der Waals surface area contributed by atoms with Crippen molar-refractivity contribution < 1.29 is 19.2 Å². The van der Waals surface area contributed by atoms with Crippen LogP contribution in [0.1, 0.15) is 20.7 Å². The van der Waals surface area contributed by atoms with E-state index in [0.29, 0.717) is 0 Å². The average molecular weight is 286 g/mol. The molecular weight excluding hydrogens is 276 g/mol. The molecule has 0 unspecified atom stereocenters. The first kappa shape index (κ1) is 12.9. The molecule has 0 aliphatic carbocycles. The van der Waals surface area contributed by atoms with Gasteiger partial charge in [-0.05, 0) is 12.1 Å². The Bertz CT molecular complexity index is 691. The molecule has 2 heterocycles. The lowest BCUT2D eigenvalue weighted by Gasteiger charge is -2.24. The fraction of sp³-hybridized carbons (Fsp3) is 0.0769. The van der Waals surface area contributed by atoms with Gasteiger partial charge in [0.15, 0.2) is 0 Å². The van der Waals surface area contributed by atoms with Crippen molar-refractivity contribution in [1.29, 1.82) is 0 Å². The SMILES string of the molecule is CN(C(=O)On1ccnc1)N1C(=O)c2ccccc2C1=O. The molecule has 3 rings (SSSR count). The number of hydrazine groups is 1. The van der Waals surface area contributed by atoms with Crippen LogP contribution in [0.4, 0.5) is 4.79 Å². The van der Waals surface area contributed by atoms with Crippen molar-refractivity contribution >= 4 is 17.9 Å². The number of hydrogen-bond donors (Lipinski definition) is 0. The molecule has 0 radical (unpaired) electrons. The van der Waals surface area contributed by atoms with Crippen molar-refractivity contribution in [2.75, 3.05) is 7.05 Å². The zero-order valence-electron chi connectivity index (χ0n) is 11.0. The van der Waals surface area contributed by atoms with Crippen LogP contribution in [0, 0.1) is 0 Å². The predicted octanol–water partition coefficient (Wildman–Crippen LogP) is 0.575. The molecule has 0 saturated carbocycles. The maximum atomic E-state index is 12.2. The van der Waals surface area contributed by atoms with Gasteiger partial charge in [-0.3, -0.25) is 9.59 Å². The Morgan fingerprint density at radius 3 is 2.33 bits per heavy atom. The highest BCUT2D eigenvalue weighted by atomic mass is 16.7. The van der Waals surface area contributed by atoms with Gasteiger partial charge in [-0.15, -0.1) is 0 Å². The first-order valence-corrected chi connectivity index (χ1v) is 6.01. The van der Waals surface area contributed by atoms with Gasteiger partial charge < -0.3 is 4.84 Å². The molecule has 2 aromatic rings. The van der Waals surface area contributed by atoms with Crippen LogP contribution in [0.25, 0.3) is 0 Å². The maximum absolute atomic E-state index is 12.2. The normalized spacial score (nSPS) is 13.3. The zero-order valence-corrected chi connectivity index (χ0v) is 11.0. The standard InChI is InChI=1S/C13H10N4O4/c1-15(13(20)21-16-7-6-14-8-16)17-11(18)9-4-2-3-5-10(9)12(17)19/h2-8H,1H3. The molecule has 8 nitrogen and oxygen atoms in total. The van der Waals surface area contributed by atoms with Crippen LogP contribution in [0.3, 0.4) is 0 Å². The quantitative estimate of drug-likeness (QED) is 0.754. The van der Waals surface area contributed by atoms with E-state index in [9.17, 15) is 14.4 Å². The summed E-state index contributed by atoms with van der Waals surface area (Å²) in [6, 6.07) is 6.36. The summed E-state index contributed by atoms with van der Waals surface area (Å²) in [4.78, 5) is 45.0. The lowest BCUT2D eigenvalue weighted by atomic mass is 10.1. The number of imide groups is 1. The second-order valence-electron chi connectivity index (χ2n) is 4.27. The van der Waals surface area contributed by atoms with Gasteiger partial charge >= 0.3 is 6.09 Å². The number of fused-ring (bicyclic) bond motifs is 1. The van der Waals surface area contributed by atoms with Gasteiger partial charge in [-0.1, -0.05) is 12.1 Å². The third-order valence-electron chi connectivity index (χ3n) is 3.00. The topological polar surface area (TPSA) is 84.7 Å². The minimum atomic E-state index is -0.887. The number of imidazole rings is 1. The van der Waals surface area contributed by atoms with E-state index in [-0.39, 0.29) is 11.1 Å². The van der Waals surface area contributed by atoms with E-state index >= 15 is 0 Å². The highest BCUT2D eigenvalue weighted by Gasteiger charge is 2.40. The largest absolute Gasteiger partial charge is 0.453 e. The lowest BCUT2D eigenvalue weighted by Crippen LogP contribution is -2.49. The van der Waals surface area contributed by atoms with Gasteiger partial charge in [0.2, 0.25) is 0 Å². The predicted molar refractivity (Wildman–Crippen MR) is 68.9 cm³/mol. The van der Waals surface area contributed by atoms with E-state index in [1.54, 1.807) is 12.1 Å². The van der Waals surface area contributed by atoms with Gasteiger partial charge in [0.25, 0.3) is 11.8 Å². The smallest absolute Gasteiger partial charge is 0.315 e. The monoisotopic (exact) mass is 286 g/mol. The van der Waals surface area contributed by atoms with E-state index in [1.807, 2.05) is 0 Å². The second-order valence-corrected chi connectivity index (χ2v) is 4.27. The molecule has 1 aromatic carbocycles. The summed E-state index contributed by atoms with van der Waals surface area (Å²) in [6.07, 6.45) is 3.22. The van der Waals surface area contributed by atoms with Crippen molar-refractivity contribution in [1.82, 2.24) is 19.7 Å². The number of carbonyl (C=O) groups is 3. The van der Waals surface area contributed by atoms with Gasteiger partial charge in [0.05, 0.1) is 17.3 Å². The molecular formula is C13H10N4O4. The number of carbonyl (C=O) groups excluding carboxylic acids is 3. The summed E-state index contributed by atoms with van der Waals surface area (Å²) in [6.45, 7) is 0. The summed E-state index contributed by atoms with van der Waals surface area (Å²) in [7, 11) is 1.28. The summed E-state index contributed by atoms with van der Waals surface area (Å²) < 4.78 is 1.07. The minimum Gasteiger partial charge on any atom is -0.315 e. The molecule has 8 heteroatoms. The first-order valence-electron chi connectivity index (χ1n) is 6.01. The van der Waals surface area contributed by atoms with Gasteiger partial charge in [0, 0.05) is 13.2 Å². The number of hydrogen-bond acceptors (Lipinski definition) is 5. The Morgan fingerprint density at radius 2 is 1.81 bits per heavy atom. The molecule has 0 N–H and O–H groups in total. The second kappa shape index (κ2) is 4.75. The van der Waals surface area contributed by atoms with E-state index < -0.39 is 17.9 Å². The molecule has 0 spiro atoms. The zero-order chi connectivity index (χ0) is 15.0. The highest BCUT2D eigenvalue weighted by molar-refractivity contribution is 6.21. The molecule has 106 valence electrons. The molecule has 1 aromatic heterocycles. The van der Waals surface area contributed by atoms with Crippen molar-refractivity contribution in [3.05, 3.63) is 54.1 Å². The molecule has 21 heavy (non-hydrogen) atoms. The van der Waals surface area contributed by atoms with E-state index in [4.69, 9.17) is 4.84 Å². The maximum Gasteiger partial charge on any atom is 0.453 e. The molecule has 0 bridgehead atoms. The van der Waals surface area contributed by atoms with Gasteiger partial charge in [-0.25, -0.2) is 14.8 Å². The first-order chi connectivity index (χ1) is 10.1. The molecule has 1 aliphatic rings. The Morgan fingerprint density at radius 1 is 1.19 bits per heavy atom.